The summed E-state index contributed by atoms with van der Waals surface area (Å²) in [6.07, 6.45) is -5.65. The van der Waals surface area contributed by atoms with Gasteiger partial charge in [-0.05, 0) is 24.6 Å². The predicted octanol–water partition coefficient (Wildman–Crippen LogP) is 3.35. The van der Waals surface area contributed by atoms with Crippen molar-refractivity contribution in [3.8, 4) is 0 Å². The van der Waals surface area contributed by atoms with Crippen LogP contribution in [0.3, 0.4) is 0 Å². The van der Waals surface area contributed by atoms with E-state index in [1.807, 2.05) is 0 Å². The molecule has 1 rings (SSSR count). The normalized spacial score (nSPS) is 12.3. The molecule has 29 heavy (non-hydrogen) atoms. The molecular weight excluding hydrogens is 529 g/mol. The van der Waals surface area contributed by atoms with Gasteiger partial charge in [-0.15, -0.1) is 0 Å². The maximum Gasteiger partial charge on any atom is 0.418 e. The number of hydrogen-bond donors (Lipinski definition) is 3. The number of rotatable bonds is 11. The summed E-state index contributed by atoms with van der Waals surface area (Å²) in [6, 6.07) is 1.46. The Labute approximate surface area is 181 Å². The van der Waals surface area contributed by atoms with Crippen molar-refractivity contribution >= 4 is 55.4 Å². The number of benzene rings is 1. The highest BCUT2D eigenvalue weighted by molar-refractivity contribution is 9.09. The van der Waals surface area contributed by atoms with Crippen molar-refractivity contribution < 1.29 is 37.8 Å². The van der Waals surface area contributed by atoms with Crippen molar-refractivity contribution in [3.63, 3.8) is 0 Å². The Balaban J connectivity index is 3.20. The largest absolute Gasteiger partial charge is 0.481 e. The number of aliphatic carboxylic acids is 2. The summed E-state index contributed by atoms with van der Waals surface area (Å²) in [5.74, 6) is -3.77. The van der Waals surface area contributed by atoms with Crippen LogP contribution in [0.2, 0.25) is 0 Å². The van der Waals surface area contributed by atoms with Crippen LogP contribution in [0.1, 0.15) is 28.8 Å². The highest BCUT2D eigenvalue weighted by Crippen LogP contribution is 2.37. The first-order chi connectivity index (χ1) is 13.5. The van der Waals surface area contributed by atoms with Crippen LogP contribution in [0.25, 0.3) is 0 Å². The fourth-order valence-corrected chi connectivity index (χ4v) is 3.36. The molecular formula is C17H19Br2F3N2O5. The van der Waals surface area contributed by atoms with Crippen LogP contribution >= 0.6 is 31.9 Å². The Bertz CT molecular complexity index is 740. The summed E-state index contributed by atoms with van der Waals surface area (Å²) in [5, 5.41) is 20.7. The highest BCUT2D eigenvalue weighted by atomic mass is 79.9. The summed E-state index contributed by atoms with van der Waals surface area (Å²) >= 11 is 6.39. The predicted molar refractivity (Wildman–Crippen MR) is 107 cm³/mol. The van der Waals surface area contributed by atoms with Crippen LogP contribution in [0.15, 0.2) is 18.2 Å². The molecule has 0 saturated heterocycles. The van der Waals surface area contributed by atoms with Gasteiger partial charge >= 0.3 is 18.1 Å². The monoisotopic (exact) mass is 546 g/mol. The lowest BCUT2D eigenvalue weighted by molar-refractivity contribution is -0.141. The Hall–Kier alpha value is -1.82. The lowest BCUT2D eigenvalue weighted by Gasteiger charge is -2.27. The van der Waals surface area contributed by atoms with Crippen LogP contribution in [-0.4, -0.2) is 57.9 Å². The van der Waals surface area contributed by atoms with Crippen molar-refractivity contribution in [2.45, 2.75) is 25.1 Å². The van der Waals surface area contributed by atoms with E-state index in [4.69, 9.17) is 10.2 Å². The molecule has 0 aromatic heterocycles. The van der Waals surface area contributed by atoms with Gasteiger partial charge in [-0.3, -0.25) is 9.59 Å². The third-order valence-corrected chi connectivity index (χ3v) is 4.57. The van der Waals surface area contributed by atoms with Gasteiger partial charge in [-0.1, -0.05) is 31.9 Å². The number of carboxylic acid groups (broad SMARTS) is 2. The van der Waals surface area contributed by atoms with E-state index in [0.717, 1.165) is 6.07 Å². The van der Waals surface area contributed by atoms with Gasteiger partial charge in [0.05, 0.1) is 5.56 Å². The Morgan fingerprint density at radius 1 is 1.10 bits per heavy atom. The first-order valence-corrected chi connectivity index (χ1v) is 10.6. The molecule has 12 heteroatoms. The van der Waals surface area contributed by atoms with Crippen LogP contribution < -0.4 is 10.2 Å². The number of hydrogen-bond acceptors (Lipinski definition) is 4. The molecule has 7 nitrogen and oxygen atoms in total. The summed E-state index contributed by atoms with van der Waals surface area (Å²) in [5.41, 5.74) is -1.50. The molecule has 0 saturated carbocycles. The molecule has 0 spiro atoms. The van der Waals surface area contributed by atoms with Crippen molar-refractivity contribution in [2.24, 2.45) is 0 Å². The van der Waals surface area contributed by atoms with Gasteiger partial charge in [0.25, 0.3) is 5.91 Å². The molecule has 0 unspecified atom stereocenters. The number of carboxylic acids is 2. The molecule has 0 aliphatic heterocycles. The molecule has 0 aliphatic carbocycles. The third kappa shape index (κ3) is 7.84. The molecule has 0 aliphatic rings. The number of halogens is 5. The van der Waals surface area contributed by atoms with E-state index in [0.29, 0.717) is 29.8 Å². The fraction of sp³-hybridized carbons (Fsp3) is 0.471. The van der Waals surface area contributed by atoms with E-state index in [-0.39, 0.29) is 11.3 Å². The highest BCUT2D eigenvalue weighted by Gasteiger charge is 2.36. The first-order valence-electron chi connectivity index (χ1n) is 8.34. The van der Waals surface area contributed by atoms with Crippen LogP contribution in [0.4, 0.5) is 18.9 Å². The minimum Gasteiger partial charge on any atom is -0.481 e. The zero-order valence-corrected chi connectivity index (χ0v) is 18.2. The minimum absolute atomic E-state index is 0.103. The van der Waals surface area contributed by atoms with E-state index in [1.165, 1.54) is 11.0 Å². The molecule has 1 atom stereocenters. The van der Waals surface area contributed by atoms with Gasteiger partial charge in [-0.25, -0.2) is 4.79 Å². The van der Waals surface area contributed by atoms with Gasteiger partial charge in [0.1, 0.15) is 6.04 Å². The zero-order chi connectivity index (χ0) is 22.2. The Morgan fingerprint density at radius 2 is 1.69 bits per heavy atom. The van der Waals surface area contributed by atoms with E-state index >= 15 is 0 Å². The topological polar surface area (TPSA) is 107 Å². The number of carbonyl (C=O) groups excluding carboxylic acids is 1. The van der Waals surface area contributed by atoms with Gasteiger partial charge < -0.3 is 20.4 Å². The second-order valence-corrected chi connectivity index (χ2v) is 7.48. The third-order valence-electron chi connectivity index (χ3n) is 3.86. The fourth-order valence-electron chi connectivity index (χ4n) is 2.50. The van der Waals surface area contributed by atoms with Gasteiger partial charge in [0.15, 0.2) is 0 Å². The molecule has 162 valence electrons. The molecule has 0 bridgehead atoms. The smallest absolute Gasteiger partial charge is 0.418 e. The molecule has 0 fully saturated rings. The van der Waals surface area contributed by atoms with Crippen LogP contribution in [-0.2, 0) is 15.8 Å². The summed E-state index contributed by atoms with van der Waals surface area (Å²) < 4.78 is 40.8. The minimum atomic E-state index is -4.74. The molecule has 1 aromatic carbocycles. The van der Waals surface area contributed by atoms with E-state index in [2.05, 4.69) is 37.2 Å². The van der Waals surface area contributed by atoms with Crippen molar-refractivity contribution in [2.75, 3.05) is 28.6 Å². The number of carbonyl (C=O) groups is 3. The second kappa shape index (κ2) is 11.4. The Morgan fingerprint density at radius 3 is 2.14 bits per heavy atom. The quantitative estimate of drug-likeness (QED) is 0.367. The standard InChI is InChI=1S/C17H19Br2F3N2O5/c18-5-7-24(8-6-19)13-3-1-10(9-11(13)17(20,21)22)15(27)23-12(16(28)29)2-4-14(25)26/h1,3,9,12H,2,4-8H2,(H,23,27)(H,25,26)(H,28,29)/t12-/m0/s1. The molecule has 1 aromatic rings. The SMILES string of the molecule is O=C(O)CC[C@H](NC(=O)c1ccc(N(CCBr)CCBr)c(C(F)(F)F)c1)C(=O)O. The molecule has 3 N–H and O–H groups in total. The van der Waals surface area contributed by atoms with Gasteiger partial charge in [-0.2, -0.15) is 13.2 Å². The second-order valence-electron chi connectivity index (χ2n) is 5.89. The number of nitrogens with zero attached hydrogens (tertiary/aromatic N) is 1. The Kier molecular flexibility index (Phi) is 9.90. The van der Waals surface area contributed by atoms with Crippen molar-refractivity contribution in [1.29, 1.82) is 0 Å². The van der Waals surface area contributed by atoms with Crippen LogP contribution in [0, 0.1) is 0 Å². The van der Waals surface area contributed by atoms with Gasteiger partial charge in [0, 0.05) is 41.4 Å². The number of amides is 1. The van der Waals surface area contributed by atoms with E-state index in [1.54, 1.807) is 0 Å². The van der Waals surface area contributed by atoms with E-state index < -0.39 is 48.5 Å². The van der Waals surface area contributed by atoms with Gasteiger partial charge in [0.2, 0.25) is 0 Å². The number of nitrogens with one attached hydrogen (secondary N) is 1. The number of alkyl halides is 5. The number of anilines is 1. The zero-order valence-electron chi connectivity index (χ0n) is 15.0. The summed E-state index contributed by atoms with van der Waals surface area (Å²) in [6.45, 7) is 0.604. The maximum atomic E-state index is 13.6. The average Bonchev–Trinajstić information content (AvgIpc) is 2.63. The summed E-state index contributed by atoms with van der Waals surface area (Å²) in [7, 11) is 0. The van der Waals surface area contributed by atoms with Crippen LogP contribution in [0.5, 0.6) is 0 Å². The molecule has 0 radical (unpaired) electrons. The lowest BCUT2D eigenvalue weighted by Crippen LogP contribution is -2.41. The summed E-state index contributed by atoms with van der Waals surface area (Å²) in [4.78, 5) is 35.6. The lowest BCUT2D eigenvalue weighted by atomic mass is 10.0. The van der Waals surface area contributed by atoms with Crippen molar-refractivity contribution in [1.82, 2.24) is 5.32 Å². The first kappa shape index (κ1) is 25.2. The average molecular weight is 548 g/mol. The maximum absolute atomic E-state index is 13.6. The van der Waals surface area contributed by atoms with E-state index in [9.17, 15) is 27.6 Å². The van der Waals surface area contributed by atoms with Crippen molar-refractivity contribution in [3.05, 3.63) is 29.3 Å². The molecule has 0 heterocycles. The molecule has 1 amide bonds.